The Morgan fingerprint density at radius 2 is 2.00 bits per heavy atom. The van der Waals surface area contributed by atoms with Gasteiger partial charge < -0.3 is 4.98 Å². The lowest BCUT2D eigenvalue weighted by molar-refractivity contribution is -0.117. The zero-order valence-electron chi connectivity index (χ0n) is 11.3. The number of amides is 1. The van der Waals surface area contributed by atoms with Crippen LogP contribution in [0.15, 0.2) is 29.1 Å². The predicted octanol–water partition coefficient (Wildman–Crippen LogP) is 0.575. The Bertz CT molecular complexity index is 909. The van der Waals surface area contributed by atoms with Gasteiger partial charge in [0.05, 0.1) is 5.75 Å². The molecule has 3 heterocycles. The Labute approximate surface area is 125 Å². The third-order valence-electron chi connectivity index (χ3n) is 3.48. The van der Waals surface area contributed by atoms with E-state index in [4.69, 9.17) is 0 Å². The van der Waals surface area contributed by atoms with Crippen LogP contribution in [0.2, 0.25) is 0 Å². The fourth-order valence-electron chi connectivity index (χ4n) is 2.56. The Kier molecular flexibility index (Phi) is 3.44. The smallest absolute Gasteiger partial charge is 0.302 e. The first-order valence-electron chi connectivity index (χ1n) is 6.54. The molecule has 1 N–H and O–H groups in total. The van der Waals surface area contributed by atoms with Crippen molar-refractivity contribution < 1.29 is 17.1 Å². The number of carbonyl (C=O) groups excluding carboxylic acids is 1. The lowest BCUT2D eigenvalue weighted by Gasteiger charge is -2.15. The second kappa shape index (κ2) is 5.16. The molecule has 0 aliphatic carbocycles. The summed E-state index contributed by atoms with van der Waals surface area (Å²) in [5, 5.41) is 0.706. The van der Waals surface area contributed by atoms with Gasteiger partial charge in [-0.3, -0.25) is 14.5 Å². The van der Waals surface area contributed by atoms with Crippen molar-refractivity contribution in [3.63, 3.8) is 0 Å². The summed E-state index contributed by atoms with van der Waals surface area (Å²) >= 11 is 0. The van der Waals surface area contributed by atoms with Crippen LogP contribution in [-0.2, 0) is 15.0 Å². The number of carbonyl (C=O) groups is 1. The lowest BCUT2D eigenvalue weighted by Crippen LogP contribution is -2.26. The van der Waals surface area contributed by atoms with Gasteiger partial charge in [0, 0.05) is 30.3 Å². The molecule has 1 saturated heterocycles. The minimum Gasteiger partial charge on any atom is -0.307 e. The molecule has 2 aromatic heterocycles. The molecule has 0 spiro atoms. The lowest BCUT2D eigenvalue weighted by atomic mass is 10.1. The van der Waals surface area contributed by atoms with Crippen LogP contribution in [0.25, 0.3) is 11.0 Å². The summed E-state index contributed by atoms with van der Waals surface area (Å²) in [7, 11) is -4.62. The molecule has 1 unspecified atom stereocenters. The van der Waals surface area contributed by atoms with Crippen LogP contribution in [0, 0.1) is 5.92 Å². The predicted molar refractivity (Wildman–Crippen MR) is 77.7 cm³/mol. The monoisotopic (exact) mass is 325 g/mol. The number of H-pyrrole nitrogens is 1. The van der Waals surface area contributed by atoms with Crippen molar-refractivity contribution in [3.05, 3.63) is 34.6 Å². The zero-order valence-corrected chi connectivity index (χ0v) is 12.1. The molecule has 0 aromatic carbocycles. The fraction of sp³-hybridized carbons (Fsp3) is 0.308. The molecule has 9 heteroatoms. The van der Waals surface area contributed by atoms with Gasteiger partial charge in [0.15, 0.2) is 0 Å². The van der Waals surface area contributed by atoms with Crippen LogP contribution in [0.4, 0.5) is 9.70 Å². The maximum Gasteiger partial charge on any atom is 0.302 e. The summed E-state index contributed by atoms with van der Waals surface area (Å²) in [6.45, 7) is 0.0809. The molecule has 2 aromatic rings. The van der Waals surface area contributed by atoms with Crippen molar-refractivity contribution in [2.45, 2.75) is 6.42 Å². The average Bonchev–Trinajstić information content (AvgIpc) is 2.76. The summed E-state index contributed by atoms with van der Waals surface area (Å²) in [5.41, 5.74) is 0.0191. The molecule has 116 valence electrons. The molecule has 1 aliphatic rings. The zero-order chi connectivity index (χ0) is 15.9. The van der Waals surface area contributed by atoms with Gasteiger partial charge in [0.25, 0.3) is 0 Å². The van der Waals surface area contributed by atoms with E-state index >= 15 is 0 Å². The number of fused-ring (bicyclic) bond motifs is 1. The standard InChI is InChI=1S/C13H12FN3O4S/c14-22(20,21)7-8-5-12(19)17(6-8)10-3-1-9-2-4-11(18)16-13(9)15-10/h1-4,8H,5-7H2,(H,15,16,18). The number of aromatic amines is 1. The van der Waals surface area contributed by atoms with Crippen LogP contribution >= 0.6 is 0 Å². The Morgan fingerprint density at radius 1 is 1.27 bits per heavy atom. The van der Waals surface area contributed by atoms with E-state index in [0.717, 1.165) is 0 Å². The number of nitrogens with one attached hydrogen (secondary N) is 1. The van der Waals surface area contributed by atoms with Crippen LogP contribution in [0.1, 0.15) is 6.42 Å². The molecule has 0 bridgehead atoms. The Hall–Kier alpha value is -2.29. The van der Waals surface area contributed by atoms with Gasteiger partial charge in [-0.05, 0) is 18.2 Å². The number of hydrogen-bond donors (Lipinski definition) is 1. The minimum atomic E-state index is -4.62. The quantitative estimate of drug-likeness (QED) is 0.832. The third-order valence-corrected chi connectivity index (χ3v) is 4.35. The van der Waals surface area contributed by atoms with Gasteiger partial charge in [0.1, 0.15) is 11.5 Å². The van der Waals surface area contributed by atoms with Gasteiger partial charge in [-0.2, -0.15) is 8.42 Å². The molecule has 22 heavy (non-hydrogen) atoms. The van der Waals surface area contributed by atoms with Gasteiger partial charge in [0.2, 0.25) is 11.5 Å². The van der Waals surface area contributed by atoms with Crippen molar-refractivity contribution in [3.8, 4) is 0 Å². The highest BCUT2D eigenvalue weighted by molar-refractivity contribution is 7.86. The Morgan fingerprint density at radius 3 is 2.73 bits per heavy atom. The molecule has 0 radical (unpaired) electrons. The maximum atomic E-state index is 12.7. The van der Waals surface area contributed by atoms with Crippen molar-refractivity contribution in [2.24, 2.45) is 5.92 Å². The number of halogens is 1. The normalized spacial score (nSPS) is 19.0. The SMILES string of the molecule is O=C1CC(CS(=O)(=O)F)CN1c1ccc2ccc(=O)[nH]c2n1. The second-order valence-electron chi connectivity index (χ2n) is 5.21. The molecule has 1 amide bonds. The number of rotatable bonds is 3. The number of hydrogen-bond acceptors (Lipinski definition) is 5. The average molecular weight is 325 g/mol. The van der Waals surface area contributed by atoms with Crippen LogP contribution < -0.4 is 10.5 Å². The van der Waals surface area contributed by atoms with Gasteiger partial charge in [-0.15, -0.1) is 3.89 Å². The van der Waals surface area contributed by atoms with Crippen LogP contribution in [0.5, 0.6) is 0 Å². The van der Waals surface area contributed by atoms with Crippen LogP contribution in [0.3, 0.4) is 0 Å². The van der Waals surface area contributed by atoms with E-state index in [1.165, 1.54) is 11.0 Å². The van der Waals surface area contributed by atoms with E-state index in [1.807, 2.05) is 0 Å². The minimum absolute atomic E-state index is 0.0474. The topological polar surface area (TPSA) is 100 Å². The number of nitrogens with zero attached hydrogens (tertiary/aromatic N) is 2. The fourth-order valence-corrected chi connectivity index (χ4v) is 3.35. The van der Waals surface area contributed by atoms with E-state index in [9.17, 15) is 21.9 Å². The second-order valence-corrected chi connectivity index (χ2v) is 6.62. The van der Waals surface area contributed by atoms with Gasteiger partial charge in [-0.25, -0.2) is 4.98 Å². The van der Waals surface area contributed by atoms with Crippen molar-refractivity contribution in [2.75, 3.05) is 17.2 Å². The number of anilines is 1. The summed E-state index contributed by atoms with van der Waals surface area (Å²) in [6, 6.07) is 6.27. The largest absolute Gasteiger partial charge is 0.307 e. The van der Waals surface area contributed by atoms with E-state index in [2.05, 4.69) is 9.97 Å². The van der Waals surface area contributed by atoms with E-state index in [0.29, 0.717) is 16.9 Å². The van der Waals surface area contributed by atoms with Gasteiger partial charge >= 0.3 is 10.2 Å². The van der Waals surface area contributed by atoms with E-state index in [1.54, 1.807) is 18.2 Å². The maximum absolute atomic E-state index is 12.7. The first-order valence-corrected chi connectivity index (χ1v) is 8.10. The number of aromatic nitrogens is 2. The summed E-state index contributed by atoms with van der Waals surface area (Å²) in [5.74, 6) is -1.30. The third kappa shape index (κ3) is 2.98. The van der Waals surface area contributed by atoms with E-state index < -0.39 is 21.9 Å². The van der Waals surface area contributed by atoms with Gasteiger partial charge in [-0.1, -0.05) is 0 Å². The molecular weight excluding hydrogens is 313 g/mol. The molecule has 0 saturated carbocycles. The molecule has 7 nitrogen and oxygen atoms in total. The molecular formula is C13H12FN3O4S. The first-order chi connectivity index (χ1) is 10.3. The highest BCUT2D eigenvalue weighted by Gasteiger charge is 2.34. The van der Waals surface area contributed by atoms with Crippen molar-refractivity contribution >= 4 is 33.0 Å². The highest BCUT2D eigenvalue weighted by Crippen LogP contribution is 2.26. The Balaban J connectivity index is 1.91. The molecule has 1 fully saturated rings. The summed E-state index contributed by atoms with van der Waals surface area (Å²) in [4.78, 5) is 31.3. The molecule has 1 atom stereocenters. The van der Waals surface area contributed by atoms with Crippen molar-refractivity contribution in [1.29, 1.82) is 0 Å². The first kappa shape index (κ1) is 14.6. The summed E-state index contributed by atoms with van der Waals surface area (Å²) in [6.07, 6.45) is -0.0474. The summed E-state index contributed by atoms with van der Waals surface area (Å²) < 4.78 is 34.1. The molecule has 3 rings (SSSR count). The van der Waals surface area contributed by atoms with Crippen molar-refractivity contribution in [1.82, 2.24) is 9.97 Å². The number of pyridine rings is 2. The highest BCUT2D eigenvalue weighted by atomic mass is 32.3. The van der Waals surface area contributed by atoms with Crippen LogP contribution in [-0.4, -0.2) is 36.6 Å². The van der Waals surface area contributed by atoms with E-state index in [-0.39, 0.29) is 24.4 Å². The molecule has 1 aliphatic heterocycles.